The fourth-order valence-electron chi connectivity index (χ4n) is 2.11. The SMILES string of the molecule is CCOC(=O)CN(c1ncnc(OCC)c1C)C1CC1. The van der Waals surface area contributed by atoms with Crippen molar-refractivity contribution in [2.24, 2.45) is 0 Å². The summed E-state index contributed by atoms with van der Waals surface area (Å²) in [5, 5.41) is 0. The first-order valence-corrected chi connectivity index (χ1v) is 7.04. The minimum Gasteiger partial charge on any atom is -0.478 e. The standard InChI is InChI=1S/C14H21N3O3/c1-4-19-12(18)8-17(11-6-7-11)13-10(3)14(20-5-2)16-9-15-13/h9,11H,4-8H2,1-3H3. The average Bonchev–Trinajstić information content (AvgIpc) is 3.24. The molecule has 0 saturated heterocycles. The lowest BCUT2D eigenvalue weighted by Crippen LogP contribution is -2.34. The molecule has 1 saturated carbocycles. The van der Waals surface area contributed by atoms with E-state index in [-0.39, 0.29) is 12.5 Å². The topological polar surface area (TPSA) is 64.5 Å². The Bertz CT molecular complexity index is 475. The molecular formula is C14H21N3O3. The number of anilines is 1. The van der Waals surface area contributed by atoms with Crippen molar-refractivity contribution in [2.75, 3.05) is 24.7 Å². The van der Waals surface area contributed by atoms with Gasteiger partial charge in [0.15, 0.2) is 0 Å². The maximum Gasteiger partial charge on any atom is 0.325 e. The summed E-state index contributed by atoms with van der Waals surface area (Å²) in [6, 6.07) is 0.363. The van der Waals surface area contributed by atoms with Gasteiger partial charge in [0.05, 0.1) is 18.8 Å². The van der Waals surface area contributed by atoms with Crippen LogP contribution in [0.1, 0.15) is 32.3 Å². The second-order valence-electron chi connectivity index (χ2n) is 4.72. The molecule has 20 heavy (non-hydrogen) atoms. The largest absolute Gasteiger partial charge is 0.478 e. The smallest absolute Gasteiger partial charge is 0.325 e. The summed E-state index contributed by atoms with van der Waals surface area (Å²) in [5.41, 5.74) is 0.866. The van der Waals surface area contributed by atoms with Crippen LogP contribution in [0.25, 0.3) is 0 Å². The fraction of sp³-hybridized carbons (Fsp3) is 0.643. The van der Waals surface area contributed by atoms with Crippen molar-refractivity contribution in [1.29, 1.82) is 0 Å². The van der Waals surface area contributed by atoms with Gasteiger partial charge < -0.3 is 14.4 Å². The van der Waals surface area contributed by atoms with Crippen LogP contribution in [0.15, 0.2) is 6.33 Å². The van der Waals surface area contributed by atoms with Crippen LogP contribution in [0.2, 0.25) is 0 Å². The number of aromatic nitrogens is 2. The fourth-order valence-corrected chi connectivity index (χ4v) is 2.11. The molecule has 6 heteroatoms. The third kappa shape index (κ3) is 3.37. The molecule has 0 atom stereocenters. The number of nitrogens with zero attached hydrogens (tertiary/aromatic N) is 3. The van der Waals surface area contributed by atoms with Gasteiger partial charge in [0.1, 0.15) is 18.7 Å². The molecule has 1 aromatic rings. The highest BCUT2D eigenvalue weighted by molar-refractivity contribution is 5.76. The van der Waals surface area contributed by atoms with E-state index in [1.807, 2.05) is 25.7 Å². The number of ether oxygens (including phenoxy) is 2. The number of hydrogen-bond donors (Lipinski definition) is 0. The van der Waals surface area contributed by atoms with E-state index in [0.29, 0.717) is 25.1 Å². The average molecular weight is 279 g/mol. The first kappa shape index (κ1) is 14.6. The van der Waals surface area contributed by atoms with Gasteiger partial charge in [-0.2, -0.15) is 0 Å². The third-order valence-electron chi connectivity index (χ3n) is 3.16. The zero-order valence-corrected chi connectivity index (χ0v) is 12.3. The van der Waals surface area contributed by atoms with Gasteiger partial charge in [-0.3, -0.25) is 4.79 Å². The minimum atomic E-state index is -0.227. The van der Waals surface area contributed by atoms with Gasteiger partial charge >= 0.3 is 5.97 Å². The van der Waals surface area contributed by atoms with Crippen LogP contribution < -0.4 is 9.64 Å². The van der Waals surface area contributed by atoms with Crippen LogP contribution >= 0.6 is 0 Å². The molecule has 1 aliphatic carbocycles. The van der Waals surface area contributed by atoms with Gasteiger partial charge in [-0.15, -0.1) is 0 Å². The van der Waals surface area contributed by atoms with E-state index in [4.69, 9.17) is 9.47 Å². The Hall–Kier alpha value is -1.85. The number of rotatable bonds is 7. The van der Waals surface area contributed by atoms with E-state index >= 15 is 0 Å². The molecule has 0 aliphatic heterocycles. The minimum absolute atomic E-state index is 0.224. The second kappa shape index (κ2) is 6.54. The van der Waals surface area contributed by atoms with Gasteiger partial charge in [0.25, 0.3) is 0 Å². The van der Waals surface area contributed by atoms with E-state index in [9.17, 15) is 4.79 Å². The normalized spacial score (nSPS) is 13.9. The monoisotopic (exact) mass is 279 g/mol. The Morgan fingerprint density at radius 2 is 2.10 bits per heavy atom. The van der Waals surface area contributed by atoms with Crippen molar-refractivity contribution in [1.82, 2.24) is 9.97 Å². The van der Waals surface area contributed by atoms with Crippen molar-refractivity contribution >= 4 is 11.8 Å². The third-order valence-corrected chi connectivity index (χ3v) is 3.16. The summed E-state index contributed by atoms with van der Waals surface area (Å²) in [6.45, 7) is 6.81. The lowest BCUT2D eigenvalue weighted by atomic mass is 10.3. The van der Waals surface area contributed by atoms with Crippen LogP contribution in [0, 0.1) is 6.92 Å². The molecule has 0 N–H and O–H groups in total. The van der Waals surface area contributed by atoms with Crippen LogP contribution in [0.3, 0.4) is 0 Å². The van der Waals surface area contributed by atoms with E-state index < -0.39 is 0 Å². The van der Waals surface area contributed by atoms with Gasteiger partial charge in [0.2, 0.25) is 5.88 Å². The van der Waals surface area contributed by atoms with E-state index in [1.165, 1.54) is 6.33 Å². The zero-order chi connectivity index (χ0) is 14.5. The summed E-state index contributed by atoms with van der Waals surface area (Å²) < 4.78 is 10.5. The molecule has 0 bridgehead atoms. The van der Waals surface area contributed by atoms with Gasteiger partial charge in [-0.25, -0.2) is 9.97 Å². The molecule has 0 spiro atoms. The Morgan fingerprint density at radius 1 is 1.35 bits per heavy atom. The van der Waals surface area contributed by atoms with Crippen molar-refractivity contribution in [3.05, 3.63) is 11.9 Å². The van der Waals surface area contributed by atoms with Crippen LogP contribution in [-0.4, -0.2) is 41.7 Å². The van der Waals surface area contributed by atoms with Crippen molar-refractivity contribution < 1.29 is 14.3 Å². The van der Waals surface area contributed by atoms with Crippen molar-refractivity contribution in [2.45, 2.75) is 39.7 Å². The van der Waals surface area contributed by atoms with E-state index in [2.05, 4.69) is 9.97 Å². The van der Waals surface area contributed by atoms with E-state index in [0.717, 1.165) is 24.2 Å². The van der Waals surface area contributed by atoms with Crippen LogP contribution in [0.5, 0.6) is 5.88 Å². The number of carbonyl (C=O) groups is 1. The molecule has 2 rings (SSSR count). The Labute approximate surface area is 119 Å². The number of hydrogen-bond acceptors (Lipinski definition) is 6. The van der Waals surface area contributed by atoms with Gasteiger partial charge in [0, 0.05) is 6.04 Å². The van der Waals surface area contributed by atoms with Crippen LogP contribution in [0.4, 0.5) is 5.82 Å². The summed E-state index contributed by atoms with van der Waals surface area (Å²) in [7, 11) is 0. The molecule has 0 amide bonds. The molecule has 110 valence electrons. The highest BCUT2D eigenvalue weighted by Gasteiger charge is 2.33. The molecule has 0 aromatic carbocycles. The van der Waals surface area contributed by atoms with Gasteiger partial charge in [-0.05, 0) is 33.6 Å². The summed E-state index contributed by atoms with van der Waals surface area (Å²) >= 11 is 0. The summed E-state index contributed by atoms with van der Waals surface area (Å²) in [5.74, 6) is 1.11. The predicted molar refractivity (Wildman–Crippen MR) is 74.9 cm³/mol. The molecule has 1 aromatic heterocycles. The lowest BCUT2D eigenvalue weighted by Gasteiger charge is -2.24. The highest BCUT2D eigenvalue weighted by atomic mass is 16.5. The van der Waals surface area contributed by atoms with Crippen molar-refractivity contribution in [3.8, 4) is 5.88 Å². The molecule has 1 fully saturated rings. The number of carbonyl (C=O) groups excluding carboxylic acids is 1. The van der Waals surface area contributed by atoms with Gasteiger partial charge in [-0.1, -0.05) is 0 Å². The maximum atomic E-state index is 11.7. The van der Waals surface area contributed by atoms with Crippen molar-refractivity contribution in [3.63, 3.8) is 0 Å². The first-order chi connectivity index (χ1) is 9.67. The molecule has 6 nitrogen and oxygen atoms in total. The molecule has 0 radical (unpaired) electrons. The highest BCUT2D eigenvalue weighted by Crippen LogP contribution is 2.33. The summed E-state index contributed by atoms with van der Waals surface area (Å²) in [4.78, 5) is 22.2. The lowest BCUT2D eigenvalue weighted by molar-refractivity contribution is -0.141. The predicted octanol–water partition coefficient (Wildman–Crippen LogP) is 1.72. The number of esters is 1. The zero-order valence-electron chi connectivity index (χ0n) is 12.3. The quantitative estimate of drug-likeness (QED) is 0.708. The molecule has 1 heterocycles. The van der Waals surface area contributed by atoms with E-state index in [1.54, 1.807) is 0 Å². The molecular weight excluding hydrogens is 258 g/mol. The molecule has 1 aliphatic rings. The van der Waals surface area contributed by atoms with Crippen LogP contribution in [-0.2, 0) is 9.53 Å². The second-order valence-corrected chi connectivity index (χ2v) is 4.72. The Morgan fingerprint density at radius 3 is 2.70 bits per heavy atom. The Balaban J connectivity index is 2.21. The Kier molecular flexibility index (Phi) is 4.76. The maximum absolute atomic E-state index is 11.7. The first-order valence-electron chi connectivity index (χ1n) is 7.04. The summed E-state index contributed by atoms with van der Waals surface area (Å²) in [6.07, 6.45) is 3.63. The molecule has 0 unspecified atom stereocenters.